The summed E-state index contributed by atoms with van der Waals surface area (Å²) in [5, 5.41) is 6.14. The van der Waals surface area contributed by atoms with Crippen LogP contribution in [0.1, 0.15) is 54.1 Å². The van der Waals surface area contributed by atoms with Gasteiger partial charge in [-0.3, -0.25) is 4.79 Å². The zero-order chi connectivity index (χ0) is 20.9. The molecule has 156 valence electrons. The van der Waals surface area contributed by atoms with Crippen LogP contribution in [-0.2, 0) is 0 Å². The van der Waals surface area contributed by atoms with Crippen LogP contribution in [-0.4, -0.2) is 37.0 Å². The number of nitrogens with one attached hydrogen (secondary N) is 1. The van der Waals surface area contributed by atoms with Gasteiger partial charge in [0.2, 0.25) is 0 Å². The van der Waals surface area contributed by atoms with Gasteiger partial charge in [-0.1, -0.05) is 54.6 Å². The second-order valence-corrected chi connectivity index (χ2v) is 8.23. The Balaban J connectivity index is 1.74. The Labute approximate surface area is 180 Å². The molecule has 1 saturated heterocycles. The highest BCUT2D eigenvalue weighted by Crippen LogP contribution is 2.40. The molecule has 3 nitrogen and oxygen atoms in total. The topological polar surface area (TPSA) is 32.3 Å². The Morgan fingerprint density at radius 1 is 0.933 bits per heavy atom. The number of carbonyl (C=O) groups excluding carboxylic acids is 1. The lowest BCUT2D eigenvalue weighted by molar-refractivity contribution is 0.0773. The Morgan fingerprint density at radius 3 is 2.30 bits per heavy atom. The number of hydrogen-bond acceptors (Lipinski definition) is 2. The fourth-order valence-corrected chi connectivity index (χ4v) is 4.93. The maximum absolute atomic E-state index is 12.8. The van der Waals surface area contributed by atoms with Crippen molar-refractivity contribution in [2.24, 2.45) is 5.92 Å². The first-order valence-electron chi connectivity index (χ1n) is 11.3. The molecule has 3 aromatic rings. The molecule has 1 unspecified atom stereocenters. The van der Waals surface area contributed by atoms with Crippen molar-refractivity contribution < 1.29 is 4.79 Å². The molecule has 1 aliphatic rings. The van der Waals surface area contributed by atoms with Crippen molar-refractivity contribution in [2.75, 3.05) is 26.2 Å². The smallest absolute Gasteiger partial charge is 0.253 e. The van der Waals surface area contributed by atoms with Crippen molar-refractivity contribution in [3.05, 3.63) is 83.4 Å². The molecule has 0 aromatic heterocycles. The number of piperidine rings is 1. The van der Waals surface area contributed by atoms with E-state index < -0.39 is 0 Å². The predicted octanol–water partition coefficient (Wildman–Crippen LogP) is 5.45. The molecule has 3 aromatic carbocycles. The molecule has 3 heteroatoms. The zero-order valence-corrected chi connectivity index (χ0v) is 18.1. The molecule has 30 heavy (non-hydrogen) atoms. The summed E-state index contributed by atoms with van der Waals surface area (Å²) in [5.74, 6) is 1.06. The minimum Gasteiger partial charge on any atom is -0.339 e. The van der Waals surface area contributed by atoms with Crippen LogP contribution in [0.5, 0.6) is 0 Å². The molecule has 0 radical (unpaired) electrons. The minimum atomic E-state index is 0.120. The van der Waals surface area contributed by atoms with Gasteiger partial charge >= 0.3 is 0 Å². The van der Waals surface area contributed by atoms with Gasteiger partial charge in [-0.2, -0.15) is 0 Å². The summed E-state index contributed by atoms with van der Waals surface area (Å²) in [6.07, 6.45) is 2.35. The molecule has 1 fully saturated rings. The van der Waals surface area contributed by atoms with Crippen LogP contribution in [0, 0.1) is 5.92 Å². The van der Waals surface area contributed by atoms with Crippen molar-refractivity contribution in [2.45, 2.75) is 32.6 Å². The third-order valence-corrected chi connectivity index (χ3v) is 6.58. The third-order valence-electron chi connectivity index (χ3n) is 6.58. The summed E-state index contributed by atoms with van der Waals surface area (Å²) in [7, 11) is 0. The zero-order valence-electron chi connectivity index (χ0n) is 18.1. The van der Waals surface area contributed by atoms with Crippen molar-refractivity contribution in [1.29, 1.82) is 0 Å². The average Bonchev–Trinajstić information content (AvgIpc) is 2.81. The highest BCUT2D eigenvalue weighted by Gasteiger charge is 2.28. The van der Waals surface area contributed by atoms with Gasteiger partial charge in [-0.15, -0.1) is 0 Å². The predicted molar refractivity (Wildman–Crippen MR) is 125 cm³/mol. The fraction of sp³-hybridized carbons (Fsp3) is 0.370. The lowest BCUT2D eigenvalue weighted by atomic mass is 9.75. The average molecular weight is 401 g/mol. The van der Waals surface area contributed by atoms with Crippen LogP contribution in [0.2, 0.25) is 0 Å². The maximum atomic E-state index is 12.8. The van der Waals surface area contributed by atoms with E-state index in [0.29, 0.717) is 11.8 Å². The van der Waals surface area contributed by atoms with Crippen LogP contribution < -0.4 is 5.32 Å². The molecule has 1 heterocycles. The molecule has 0 aliphatic carbocycles. The number of amides is 1. The highest BCUT2D eigenvalue weighted by molar-refractivity contribution is 5.94. The molecule has 0 saturated carbocycles. The number of rotatable bonds is 6. The highest BCUT2D eigenvalue weighted by atomic mass is 16.2. The van der Waals surface area contributed by atoms with Crippen LogP contribution >= 0.6 is 0 Å². The standard InChI is InChI=1S/C27H32N2O/c1-3-29(4-2)27(30)23-14-12-21(13-15-23)26(22-16-18-28-19-17-22)25-11-7-9-20-8-5-6-10-24(20)25/h5-15,22,26,28H,3-4,16-19H2,1-2H3. The number of carbonyl (C=O) groups is 1. The van der Waals surface area contributed by atoms with E-state index in [0.717, 1.165) is 31.7 Å². The first-order valence-corrected chi connectivity index (χ1v) is 11.3. The third kappa shape index (κ3) is 4.13. The lowest BCUT2D eigenvalue weighted by Crippen LogP contribution is -2.31. The molecule has 0 bridgehead atoms. The Kier molecular flexibility index (Phi) is 6.49. The summed E-state index contributed by atoms with van der Waals surface area (Å²) >= 11 is 0. The maximum Gasteiger partial charge on any atom is 0.253 e. The van der Waals surface area contributed by atoms with E-state index in [4.69, 9.17) is 0 Å². The van der Waals surface area contributed by atoms with Gasteiger partial charge in [0.15, 0.2) is 0 Å². The van der Waals surface area contributed by atoms with Gasteiger partial charge in [0, 0.05) is 24.6 Å². The van der Waals surface area contributed by atoms with E-state index in [2.05, 4.69) is 59.9 Å². The van der Waals surface area contributed by atoms with Crippen LogP contribution in [0.25, 0.3) is 10.8 Å². The lowest BCUT2D eigenvalue weighted by Gasteiger charge is -2.32. The Hall–Kier alpha value is -2.65. The fourth-order valence-electron chi connectivity index (χ4n) is 4.93. The van der Waals surface area contributed by atoms with E-state index in [1.165, 1.54) is 34.7 Å². The Bertz CT molecular complexity index is 980. The van der Waals surface area contributed by atoms with Crippen molar-refractivity contribution in [3.63, 3.8) is 0 Å². The van der Waals surface area contributed by atoms with E-state index in [9.17, 15) is 4.79 Å². The van der Waals surface area contributed by atoms with Crippen LogP contribution in [0.15, 0.2) is 66.7 Å². The summed E-state index contributed by atoms with van der Waals surface area (Å²) < 4.78 is 0. The van der Waals surface area contributed by atoms with Crippen molar-refractivity contribution >= 4 is 16.7 Å². The van der Waals surface area contributed by atoms with Crippen LogP contribution in [0.3, 0.4) is 0 Å². The number of hydrogen-bond donors (Lipinski definition) is 1. The second-order valence-electron chi connectivity index (χ2n) is 8.23. The first kappa shape index (κ1) is 20.6. The summed E-state index contributed by atoms with van der Waals surface area (Å²) in [6.45, 7) is 7.69. The van der Waals surface area contributed by atoms with Gasteiger partial charge in [-0.25, -0.2) is 0 Å². The second kappa shape index (κ2) is 9.44. The van der Waals surface area contributed by atoms with Crippen LogP contribution in [0.4, 0.5) is 0 Å². The molecular weight excluding hydrogens is 368 g/mol. The molecule has 1 N–H and O–H groups in total. The summed E-state index contributed by atoms with van der Waals surface area (Å²) in [6, 6.07) is 23.8. The monoisotopic (exact) mass is 400 g/mol. The summed E-state index contributed by atoms with van der Waals surface area (Å²) in [5.41, 5.74) is 3.50. The van der Waals surface area contributed by atoms with Crippen molar-refractivity contribution in [1.82, 2.24) is 10.2 Å². The number of benzene rings is 3. The SMILES string of the molecule is CCN(CC)C(=O)c1ccc(C(c2cccc3ccccc23)C2CCNCC2)cc1. The van der Waals surface area contributed by atoms with Crippen molar-refractivity contribution in [3.8, 4) is 0 Å². The van der Waals surface area contributed by atoms with Gasteiger partial charge in [0.05, 0.1) is 0 Å². The van der Waals surface area contributed by atoms with Gasteiger partial charge in [0.1, 0.15) is 0 Å². The molecule has 1 amide bonds. The normalized spacial score (nSPS) is 15.8. The van der Waals surface area contributed by atoms with Gasteiger partial charge in [0.25, 0.3) is 5.91 Å². The molecule has 0 spiro atoms. The van der Waals surface area contributed by atoms with E-state index in [1.54, 1.807) is 0 Å². The minimum absolute atomic E-state index is 0.120. The molecule has 4 rings (SSSR count). The number of fused-ring (bicyclic) bond motifs is 1. The molecule has 1 atom stereocenters. The van der Waals surface area contributed by atoms with E-state index >= 15 is 0 Å². The molecular formula is C27H32N2O. The first-order chi connectivity index (χ1) is 14.7. The van der Waals surface area contributed by atoms with E-state index in [1.807, 2.05) is 30.9 Å². The summed E-state index contributed by atoms with van der Waals surface area (Å²) in [4.78, 5) is 14.6. The largest absolute Gasteiger partial charge is 0.339 e. The Morgan fingerprint density at radius 2 is 1.60 bits per heavy atom. The number of nitrogens with zero attached hydrogens (tertiary/aromatic N) is 1. The van der Waals surface area contributed by atoms with E-state index in [-0.39, 0.29) is 5.91 Å². The van der Waals surface area contributed by atoms with Gasteiger partial charge in [-0.05, 0) is 79.7 Å². The van der Waals surface area contributed by atoms with Gasteiger partial charge < -0.3 is 10.2 Å². The quantitative estimate of drug-likeness (QED) is 0.596. The molecule has 1 aliphatic heterocycles.